The summed E-state index contributed by atoms with van der Waals surface area (Å²) in [6.07, 6.45) is 5.79. The van der Waals surface area contributed by atoms with Gasteiger partial charge in [-0.2, -0.15) is 0 Å². The number of benzene rings is 1. The number of nitrogens with zero attached hydrogens (tertiary/aromatic N) is 5. The lowest BCUT2D eigenvalue weighted by Crippen LogP contribution is -2.45. The van der Waals surface area contributed by atoms with E-state index < -0.39 is 11.9 Å². The maximum atomic E-state index is 13.8. The molecule has 2 amide bonds. The molecule has 0 saturated carbocycles. The smallest absolute Gasteiger partial charge is 0.318 e. The number of aliphatic hydroxyl groups is 1. The third-order valence-corrected chi connectivity index (χ3v) is 5.62. The fourth-order valence-corrected chi connectivity index (χ4v) is 3.61. The lowest BCUT2D eigenvalue weighted by molar-refractivity contribution is 0.176. The third kappa shape index (κ3) is 5.12. The van der Waals surface area contributed by atoms with Gasteiger partial charge in [-0.05, 0) is 29.7 Å². The summed E-state index contributed by atoms with van der Waals surface area (Å²) in [6, 6.07) is 3.02. The molecule has 166 valence electrons. The van der Waals surface area contributed by atoms with Crippen molar-refractivity contribution in [1.82, 2.24) is 30.2 Å². The number of carbonyl (C=O) groups is 1. The molecular formula is C21H19Cl2FN6O2. The first-order valence-electron chi connectivity index (χ1n) is 9.84. The normalized spacial score (nSPS) is 14.1. The lowest BCUT2D eigenvalue weighted by Gasteiger charge is -2.30. The summed E-state index contributed by atoms with van der Waals surface area (Å²) in [6.45, 7) is 0.374. The van der Waals surface area contributed by atoms with Crippen LogP contribution in [0.5, 0.6) is 0 Å². The number of rotatable bonds is 5. The van der Waals surface area contributed by atoms with Gasteiger partial charge in [-0.25, -0.2) is 24.1 Å². The van der Waals surface area contributed by atoms with Gasteiger partial charge in [0.2, 0.25) is 0 Å². The van der Waals surface area contributed by atoms with Crippen LogP contribution in [0.1, 0.15) is 34.4 Å². The highest BCUT2D eigenvalue weighted by Crippen LogP contribution is 2.22. The average Bonchev–Trinajstić information content (AvgIpc) is 2.80. The molecule has 11 heteroatoms. The topological polar surface area (TPSA) is 104 Å². The van der Waals surface area contributed by atoms with E-state index in [2.05, 4.69) is 25.3 Å². The fraction of sp³-hybridized carbons (Fsp3) is 0.286. The number of nitrogens with one attached hydrogen (secondary N) is 1. The molecule has 8 nitrogen and oxygen atoms in total. The molecule has 0 radical (unpaired) electrons. The molecule has 0 fully saturated rings. The van der Waals surface area contributed by atoms with Crippen LogP contribution in [0.4, 0.5) is 9.18 Å². The number of halogens is 3. The van der Waals surface area contributed by atoms with E-state index in [-0.39, 0.29) is 24.2 Å². The Morgan fingerprint density at radius 2 is 2.06 bits per heavy atom. The highest BCUT2D eigenvalue weighted by molar-refractivity contribution is 6.30. The minimum atomic E-state index is -0.764. The van der Waals surface area contributed by atoms with Gasteiger partial charge in [-0.15, -0.1) is 0 Å². The number of aliphatic hydroxyl groups excluding tert-OH is 1. The number of amides is 2. The Morgan fingerprint density at radius 1 is 1.22 bits per heavy atom. The number of urea groups is 1. The van der Waals surface area contributed by atoms with Crippen LogP contribution >= 0.6 is 23.2 Å². The predicted molar refractivity (Wildman–Crippen MR) is 116 cm³/mol. The van der Waals surface area contributed by atoms with E-state index in [4.69, 9.17) is 23.2 Å². The van der Waals surface area contributed by atoms with Crippen LogP contribution in [0, 0.1) is 5.82 Å². The van der Waals surface area contributed by atoms with E-state index in [0.717, 1.165) is 11.3 Å². The molecule has 0 spiro atoms. The second-order valence-electron chi connectivity index (χ2n) is 7.30. The summed E-state index contributed by atoms with van der Waals surface area (Å²) in [5.74, 6) is -0.0501. The van der Waals surface area contributed by atoms with Gasteiger partial charge in [-0.1, -0.05) is 29.3 Å². The highest BCUT2D eigenvalue weighted by atomic mass is 35.5. The van der Waals surface area contributed by atoms with Crippen molar-refractivity contribution in [2.45, 2.75) is 25.4 Å². The van der Waals surface area contributed by atoms with Gasteiger partial charge in [0.25, 0.3) is 0 Å². The largest absolute Gasteiger partial charge is 0.394 e. The van der Waals surface area contributed by atoms with Crippen molar-refractivity contribution in [2.24, 2.45) is 0 Å². The second-order valence-corrected chi connectivity index (χ2v) is 8.09. The molecule has 1 atom stereocenters. The van der Waals surface area contributed by atoms with E-state index in [0.29, 0.717) is 41.6 Å². The first-order valence-corrected chi connectivity index (χ1v) is 10.6. The number of carbonyl (C=O) groups excluding carboxylic acids is 1. The minimum absolute atomic E-state index is 0.0236. The first kappa shape index (κ1) is 22.3. The molecule has 2 aromatic heterocycles. The minimum Gasteiger partial charge on any atom is -0.394 e. The summed E-state index contributed by atoms with van der Waals surface area (Å²) >= 11 is 11.5. The second kappa shape index (κ2) is 9.72. The number of hydrogen-bond donors (Lipinski definition) is 2. The molecule has 0 aliphatic carbocycles. The van der Waals surface area contributed by atoms with E-state index >= 15 is 0 Å². The summed E-state index contributed by atoms with van der Waals surface area (Å²) in [4.78, 5) is 31.6. The van der Waals surface area contributed by atoms with Crippen LogP contribution in [0.3, 0.4) is 0 Å². The van der Waals surface area contributed by atoms with Crippen molar-refractivity contribution in [3.63, 3.8) is 0 Å². The van der Waals surface area contributed by atoms with Crippen molar-refractivity contribution in [1.29, 1.82) is 0 Å². The van der Waals surface area contributed by atoms with Crippen molar-refractivity contribution < 1.29 is 14.3 Å². The third-order valence-electron chi connectivity index (χ3n) is 5.12. The molecule has 0 saturated heterocycles. The highest BCUT2D eigenvalue weighted by Gasteiger charge is 2.25. The molecule has 1 aliphatic rings. The fourth-order valence-electron chi connectivity index (χ4n) is 3.40. The predicted octanol–water partition coefficient (Wildman–Crippen LogP) is 3.10. The van der Waals surface area contributed by atoms with Crippen LogP contribution in [-0.4, -0.2) is 49.1 Å². The van der Waals surface area contributed by atoms with Crippen molar-refractivity contribution in [3.05, 3.63) is 81.1 Å². The molecule has 0 bridgehead atoms. The Labute approximate surface area is 193 Å². The average molecular weight is 477 g/mol. The standard InChI is InChI=1S/C21H19Cl2FN6O2/c22-15-2-1-12(5-16(15)24)18(11-31)29-21(32)30-4-3-13-7-27-20(28-17(13)10-30)6-14-8-26-19(23)9-25-14/h1-2,5,7-9,18,31H,3-4,6,10-11H2,(H,29,32)/t18-/m1/s1. The SMILES string of the molecule is O=C(N[C@H](CO)c1ccc(Cl)c(F)c1)N1CCc2cnc(Cc3cnc(Cl)cn3)nc2C1. The Morgan fingerprint density at radius 3 is 2.78 bits per heavy atom. The number of hydrogen-bond acceptors (Lipinski definition) is 6. The van der Waals surface area contributed by atoms with Crippen molar-refractivity contribution in [2.75, 3.05) is 13.2 Å². The molecule has 3 aromatic rings. The van der Waals surface area contributed by atoms with Crippen LogP contribution < -0.4 is 5.32 Å². The summed E-state index contributed by atoms with van der Waals surface area (Å²) < 4.78 is 13.8. The Kier molecular flexibility index (Phi) is 6.78. The molecule has 32 heavy (non-hydrogen) atoms. The van der Waals surface area contributed by atoms with Crippen LogP contribution in [0.2, 0.25) is 10.2 Å². The van der Waals surface area contributed by atoms with Crippen molar-refractivity contribution in [3.8, 4) is 0 Å². The lowest BCUT2D eigenvalue weighted by atomic mass is 10.1. The Balaban J connectivity index is 1.44. The van der Waals surface area contributed by atoms with E-state index in [9.17, 15) is 14.3 Å². The van der Waals surface area contributed by atoms with Gasteiger partial charge in [0, 0.05) is 12.7 Å². The van der Waals surface area contributed by atoms with Crippen LogP contribution in [0.25, 0.3) is 0 Å². The molecule has 1 aromatic carbocycles. The quantitative estimate of drug-likeness (QED) is 0.586. The van der Waals surface area contributed by atoms with Gasteiger partial charge >= 0.3 is 6.03 Å². The zero-order chi connectivity index (χ0) is 22.7. The number of aromatic nitrogens is 4. The van der Waals surface area contributed by atoms with E-state index in [1.165, 1.54) is 18.3 Å². The molecular weight excluding hydrogens is 458 g/mol. The van der Waals surface area contributed by atoms with Gasteiger partial charge in [-0.3, -0.25) is 4.98 Å². The van der Waals surface area contributed by atoms with E-state index in [1.807, 2.05) is 0 Å². The summed E-state index contributed by atoms with van der Waals surface area (Å²) in [7, 11) is 0. The van der Waals surface area contributed by atoms with Gasteiger partial charge in [0.05, 0.1) is 54.4 Å². The zero-order valence-electron chi connectivity index (χ0n) is 16.8. The maximum Gasteiger partial charge on any atom is 0.318 e. The Hall–Kier alpha value is -2.88. The van der Waals surface area contributed by atoms with Gasteiger partial charge in [0.1, 0.15) is 16.8 Å². The molecule has 4 rings (SSSR count). The molecule has 1 aliphatic heterocycles. The van der Waals surface area contributed by atoms with E-state index in [1.54, 1.807) is 23.4 Å². The van der Waals surface area contributed by atoms with Gasteiger partial charge < -0.3 is 15.3 Å². The summed E-state index contributed by atoms with van der Waals surface area (Å²) in [5.41, 5.74) is 2.82. The number of fused-ring (bicyclic) bond motifs is 1. The van der Waals surface area contributed by atoms with Crippen LogP contribution in [-0.2, 0) is 19.4 Å². The monoisotopic (exact) mass is 476 g/mol. The maximum absolute atomic E-state index is 13.8. The van der Waals surface area contributed by atoms with Gasteiger partial charge in [0.15, 0.2) is 0 Å². The molecule has 0 unspecified atom stereocenters. The summed E-state index contributed by atoms with van der Waals surface area (Å²) in [5, 5.41) is 12.7. The molecule has 3 heterocycles. The van der Waals surface area contributed by atoms with Crippen molar-refractivity contribution >= 4 is 29.2 Å². The first-order chi connectivity index (χ1) is 15.4. The Bertz CT molecular complexity index is 1130. The zero-order valence-corrected chi connectivity index (χ0v) is 18.3. The van der Waals surface area contributed by atoms with Crippen LogP contribution in [0.15, 0.2) is 36.8 Å². The molecule has 2 N–H and O–H groups in total.